The van der Waals surface area contributed by atoms with E-state index >= 15 is 0 Å². The van der Waals surface area contributed by atoms with Gasteiger partial charge in [-0.25, -0.2) is 4.79 Å². The number of nitrogens with zero attached hydrogens (tertiary/aromatic N) is 1. The Morgan fingerprint density at radius 2 is 1.96 bits per heavy atom. The molecule has 0 fully saturated rings. The second-order valence-corrected chi connectivity index (χ2v) is 6.68. The van der Waals surface area contributed by atoms with Crippen LogP contribution in [0, 0.1) is 11.3 Å². The van der Waals surface area contributed by atoms with Gasteiger partial charge in [0, 0.05) is 0 Å². The number of hydrogen-bond donors (Lipinski definition) is 1. The fraction of sp³-hybridized carbons (Fsp3) is 0.318. The molecule has 1 N–H and O–H groups in total. The van der Waals surface area contributed by atoms with Gasteiger partial charge in [-0.05, 0) is 49.4 Å². The summed E-state index contributed by atoms with van der Waals surface area (Å²) in [5.74, 6) is -0.704. The minimum absolute atomic E-state index is 0.0719. The number of amides is 1. The van der Waals surface area contributed by atoms with E-state index in [1.807, 2.05) is 24.3 Å². The van der Waals surface area contributed by atoms with Crippen LogP contribution in [0.4, 0.5) is 0 Å². The zero-order valence-electron chi connectivity index (χ0n) is 15.7. The van der Waals surface area contributed by atoms with Crippen molar-refractivity contribution in [1.82, 2.24) is 5.32 Å². The SMILES string of the molecule is C[C@H](OC(=O)COc1ccccc1C#N)C(=O)N[C@H]1CCCc2ccccc21. The first-order chi connectivity index (χ1) is 13.6. The molecule has 144 valence electrons. The van der Waals surface area contributed by atoms with Gasteiger partial charge in [-0.2, -0.15) is 5.26 Å². The van der Waals surface area contributed by atoms with Crippen LogP contribution in [0.3, 0.4) is 0 Å². The van der Waals surface area contributed by atoms with Crippen LogP contribution in [0.15, 0.2) is 48.5 Å². The number of carbonyl (C=O) groups is 2. The van der Waals surface area contributed by atoms with Gasteiger partial charge in [-0.3, -0.25) is 4.79 Å². The number of nitriles is 1. The minimum Gasteiger partial charge on any atom is -0.481 e. The summed E-state index contributed by atoms with van der Waals surface area (Å²) < 4.78 is 10.5. The predicted molar refractivity (Wildman–Crippen MR) is 102 cm³/mol. The summed E-state index contributed by atoms with van der Waals surface area (Å²) in [4.78, 5) is 24.5. The normalized spacial score (nSPS) is 16.2. The van der Waals surface area contributed by atoms with Gasteiger partial charge in [0.25, 0.3) is 5.91 Å². The van der Waals surface area contributed by atoms with Gasteiger partial charge in [0.1, 0.15) is 11.8 Å². The summed E-state index contributed by atoms with van der Waals surface area (Å²) in [6.45, 7) is 1.16. The van der Waals surface area contributed by atoms with Crippen LogP contribution in [-0.2, 0) is 20.7 Å². The molecule has 0 heterocycles. The molecule has 1 aliphatic rings. The molecule has 0 radical (unpaired) electrons. The number of benzene rings is 2. The zero-order chi connectivity index (χ0) is 19.9. The maximum Gasteiger partial charge on any atom is 0.344 e. The number of carbonyl (C=O) groups excluding carboxylic acids is 2. The monoisotopic (exact) mass is 378 g/mol. The molecular weight excluding hydrogens is 356 g/mol. The van der Waals surface area contributed by atoms with E-state index in [9.17, 15) is 9.59 Å². The first kappa shape index (κ1) is 19.4. The van der Waals surface area contributed by atoms with Gasteiger partial charge in [-0.15, -0.1) is 0 Å². The lowest BCUT2D eigenvalue weighted by Crippen LogP contribution is -2.39. The first-order valence-corrected chi connectivity index (χ1v) is 9.28. The van der Waals surface area contributed by atoms with Crippen LogP contribution in [-0.4, -0.2) is 24.6 Å². The number of nitrogens with one attached hydrogen (secondary N) is 1. The van der Waals surface area contributed by atoms with E-state index in [0.29, 0.717) is 11.3 Å². The number of ether oxygens (including phenoxy) is 2. The molecule has 0 saturated heterocycles. The highest BCUT2D eigenvalue weighted by Crippen LogP contribution is 2.29. The molecule has 0 spiro atoms. The largest absolute Gasteiger partial charge is 0.481 e. The van der Waals surface area contributed by atoms with Crippen molar-refractivity contribution < 1.29 is 19.1 Å². The van der Waals surface area contributed by atoms with Crippen molar-refractivity contribution in [2.75, 3.05) is 6.61 Å². The zero-order valence-corrected chi connectivity index (χ0v) is 15.7. The van der Waals surface area contributed by atoms with Crippen molar-refractivity contribution in [2.24, 2.45) is 0 Å². The highest BCUT2D eigenvalue weighted by molar-refractivity contribution is 5.84. The van der Waals surface area contributed by atoms with Crippen molar-refractivity contribution in [2.45, 2.75) is 38.3 Å². The van der Waals surface area contributed by atoms with Crippen LogP contribution in [0.2, 0.25) is 0 Å². The van der Waals surface area contributed by atoms with Crippen LogP contribution >= 0.6 is 0 Å². The molecule has 6 nitrogen and oxygen atoms in total. The van der Waals surface area contributed by atoms with Gasteiger partial charge >= 0.3 is 5.97 Å². The van der Waals surface area contributed by atoms with Crippen molar-refractivity contribution in [1.29, 1.82) is 5.26 Å². The van der Waals surface area contributed by atoms with Crippen molar-refractivity contribution in [3.63, 3.8) is 0 Å². The summed E-state index contributed by atoms with van der Waals surface area (Å²) in [6.07, 6.45) is 1.94. The molecule has 1 amide bonds. The summed E-state index contributed by atoms with van der Waals surface area (Å²) in [5.41, 5.74) is 2.70. The summed E-state index contributed by atoms with van der Waals surface area (Å²) in [5, 5.41) is 12.0. The summed E-state index contributed by atoms with van der Waals surface area (Å²) in [7, 11) is 0. The third-order valence-corrected chi connectivity index (χ3v) is 4.72. The maximum atomic E-state index is 12.5. The Balaban J connectivity index is 1.52. The van der Waals surface area contributed by atoms with Crippen molar-refractivity contribution in [3.05, 3.63) is 65.2 Å². The number of esters is 1. The molecule has 0 bridgehead atoms. The van der Waals surface area contributed by atoms with Crippen molar-refractivity contribution >= 4 is 11.9 Å². The van der Waals surface area contributed by atoms with E-state index in [2.05, 4.69) is 11.4 Å². The fourth-order valence-corrected chi connectivity index (χ4v) is 3.30. The Kier molecular flexibility index (Phi) is 6.28. The number of para-hydroxylation sites is 1. The Hall–Kier alpha value is -3.33. The summed E-state index contributed by atoms with van der Waals surface area (Å²) in [6, 6.07) is 16.6. The highest BCUT2D eigenvalue weighted by atomic mass is 16.6. The number of hydrogen-bond acceptors (Lipinski definition) is 5. The average molecular weight is 378 g/mol. The minimum atomic E-state index is -0.934. The third kappa shape index (κ3) is 4.68. The van der Waals surface area contributed by atoms with E-state index in [0.717, 1.165) is 24.8 Å². The van der Waals surface area contributed by atoms with E-state index in [1.165, 1.54) is 12.5 Å². The quantitative estimate of drug-likeness (QED) is 0.781. The lowest BCUT2D eigenvalue weighted by atomic mass is 9.87. The molecule has 28 heavy (non-hydrogen) atoms. The second-order valence-electron chi connectivity index (χ2n) is 6.68. The molecule has 2 aromatic rings. The van der Waals surface area contributed by atoms with Crippen LogP contribution < -0.4 is 10.1 Å². The average Bonchev–Trinajstić information content (AvgIpc) is 2.72. The molecule has 3 rings (SSSR count). The molecule has 2 aromatic carbocycles. The Morgan fingerprint density at radius 3 is 2.79 bits per heavy atom. The smallest absolute Gasteiger partial charge is 0.344 e. The lowest BCUT2D eigenvalue weighted by molar-refractivity contribution is -0.156. The number of rotatable bonds is 6. The molecule has 0 unspecified atom stereocenters. The fourth-order valence-electron chi connectivity index (χ4n) is 3.30. The lowest BCUT2D eigenvalue weighted by Gasteiger charge is -2.27. The molecule has 0 aromatic heterocycles. The topological polar surface area (TPSA) is 88.4 Å². The second kappa shape index (κ2) is 9.05. The van der Waals surface area contributed by atoms with Crippen LogP contribution in [0.5, 0.6) is 5.75 Å². The maximum absolute atomic E-state index is 12.5. The van der Waals surface area contributed by atoms with Gasteiger partial charge in [-0.1, -0.05) is 36.4 Å². The van der Waals surface area contributed by atoms with E-state index in [-0.39, 0.29) is 18.6 Å². The third-order valence-electron chi connectivity index (χ3n) is 4.72. The first-order valence-electron chi connectivity index (χ1n) is 9.28. The predicted octanol–water partition coefficient (Wildman–Crippen LogP) is 3.06. The Morgan fingerprint density at radius 1 is 1.21 bits per heavy atom. The van der Waals surface area contributed by atoms with Crippen molar-refractivity contribution in [3.8, 4) is 11.8 Å². The molecule has 6 heteroatoms. The van der Waals surface area contributed by atoms with E-state index < -0.39 is 12.1 Å². The summed E-state index contributed by atoms with van der Waals surface area (Å²) >= 11 is 0. The molecule has 0 saturated carbocycles. The van der Waals surface area contributed by atoms with Gasteiger partial charge < -0.3 is 14.8 Å². The number of fused-ring (bicyclic) bond motifs is 1. The molecule has 0 aliphatic heterocycles. The number of aryl methyl sites for hydroxylation is 1. The van der Waals surface area contributed by atoms with Gasteiger partial charge in [0.15, 0.2) is 12.7 Å². The van der Waals surface area contributed by atoms with Crippen LogP contribution in [0.25, 0.3) is 0 Å². The molecule has 1 aliphatic carbocycles. The van der Waals surface area contributed by atoms with E-state index in [1.54, 1.807) is 24.3 Å². The highest BCUT2D eigenvalue weighted by Gasteiger charge is 2.25. The Labute approximate surface area is 164 Å². The van der Waals surface area contributed by atoms with Gasteiger partial charge in [0.2, 0.25) is 0 Å². The van der Waals surface area contributed by atoms with E-state index in [4.69, 9.17) is 14.7 Å². The molecule has 2 atom stereocenters. The van der Waals surface area contributed by atoms with Crippen LogP contribution in [0.1, 0.15) is 42.5 Å². The van der Waals surface area contributed by atoms with Gasteiger partial charge in [0.05, 0.1) is 11.6 Å². The molecular formula is C22H22N2O4. The standard InChI is InChI=1S/C22H22N2O4/c1-15(28-21(25)14-27-20-12-5-3-8-17(20)13-23)22(26)24-19-11-6-9-16-7-2-4-10-18(16)19/h2-5,7-8,10,12,15,19H,6,9,11,14H2,1H3,(H,24,26)/t15-,19-/m0/s1. The Bertz CT molecular complexity index is 903.